The van der Waals surface area contributed by atoms with Gasteiger partial charge in [0, 0.05) is 31.7 Å². The standard InChI is InChI=1S/C13H16BrN3O.2ClH/c14-11-3-1-2-10(13(11)18)12(4-5-15)17-8-6-16-7-9-17;;/h1-3,12,16,18H,4,6-9H2;2*1H/t12-;;/m0../s1. The van der Waals surface area contributed by atoms with Gasteiger partial charge in [-0.25, -0.2) is 0 Å². The number of para-hydroxylation sites is 1. The fourth-order valence-corrected chi connectivity index (χ4v) is 2.70. The Morgan fingerprint density at radius 1 is 1.35 bits per heavy atom. The topological polar surface area (TPSA) is 59.3 Å². The number of hydrogen-bond acceptors (Lipinski definition) is 4. The summed E-state index contributed by atoms with van der Waals surface area (Å²) in [6, 6.07) is 7.78. The summed E-state index contributed by atoms with van der Waals surface area (Å²) in [6.07, 6.45) is 0.393. The zero-order chi connectivity index (χ0) is 13.0. The van der Waals surface area contributed by atoms with Crippen molar-refractivity contribution in [2.45, 2.75) is 12.5 Å². The van der Waals surface area contributed by atoms with Crippen molar-refractivity contribution < 1.29 is 5.11 Å². The minimum absolute atomic E-state index is 0. The first-order valence-electron chi connectivity index (χ1n) is 6.03. The molecule has 1 atom stereocenters. The first-order valence-corrected chi connectivity index (χ1v) is 6.82. The van der Waals surface area contributed by atoms with Gasteiger partial charge in [-0.2, -0.15) is 5.26 Å². The van der Waals surface area contributed by atoms with Gasteiger partial charge in [0.1, 0.15) is 5.75 Å². The van der Waals surface area contributed by atoms with Gasteiger partial charge in [-0.05, 0) is 22.0 Å². The number of phenolic OH excluding ortho intramolecular Hbond substituents is 1. The molecule has 0 radical (unpaired) electrons. The molecule has 1 fully saturated rings. The molecule has 0 unspecified atom stereocenters. The fourth-order valence-electron chi connectivity index (χ4n) is 2.32. The average molecular weight is 383 g/mol. The van der Waals surface area contributed by atoms with E-state index in [0.717, 1.165) is 31.7 Å². The van der Waals surface area contributed by atoms with E-state index in [0.29, 0.717) is 10.9 Å². The summed E-state index contributed by atoms with van der Waals surface area (Å²) in [5.41, 5.74) is 0.827. The van der Waals surface area contributed by atoms with Crippen LogP contribution in [0.15, 0.2) is 22.7 Å². The molecule has 20 heavy (non-hydrogen) atoms. The molecule has 112 valence electrons. The number of nitrogens with zero attached hydrogens (tertiary/aromatic N) is 2. The van der Waals surface area contributed by atoms with Gasteiger partial charge in [0.25, 0.3) is 0 Å². The first-order chi connectivity index (χ1) is 8.74. The Morgan fingerprint density at radius 3 is 2.60 bits per heavy atom. The molecule has 7 heteroatoms. The van der Waals surface area contributed by atoms with Gasteiger partial charge in [-0.15, -0.1) is 24.8 Å². The maximum atomic E-state index is 10.1. The largest absolute Gasteiger partial charge is 0.506 e. The van der Waals surface area contributed by atoms with E-state index in [4.69, 9.17) is 5.26 Å². The van der Waals surface area contributed by atoms with Crippen molar-refractivity contribution in [2.75, 3.05) is 26.2 Å². The second-order valence-corrected chi connectivity index (χ2v) is 5.20. The second kappa shape index (κ2) is 9.43. The van der Waals surface area contributed by atoms with Crippen LogP contribution in [0.25, 0.3) is 0 Å². The SMILES string of the molecule is Cl.Cl.N#CC[C@@H](c1cccc(Br)c1O)N1CCNCC1. The van der Waals surface area contributed by atoms with Crippen molar-refractivity contribution in [1.82, 2.24) is 10.2 Å². The van der Waals surface area contributed by atoms with Crippen molar-refractivity contribution in [3.8, 4) is 11.8 Å². The zero-order valence-corrected chi connectivity index (χ0v) is 14.1. The Bertz CT molecular complexity index is 461. The van der Waals surface area contributed by atoms with Crippen molar-refractivity contribution in [1.29, 1.82) is 5.26 Å². The van der Waals surface area contributed by atoms with Crippen molar-refractivity contribution in [3.05, 3.63) is 28.2 Å². The Morgan fingerprint density at radius 2 is 2.00 bits per heavy atom. The van der Waals surface area contributed by atoms with E-state index in [2.05, 4.69) is 32.2 Å². The summed E-state index contributed by atoms with van der Waals surface area (Å²) in [4.78, 5) is 2.25. The number of benzene rings is 1. The second-order valence-electron chi connectivity index (χ2n) is 4.34. The van der Waals surface area contributed by atoms with Crippen LogP contribution in [0.1, 0.15) is 18.0 Å². The molecule has 2 rings (SSSR count). The summed E-state index contributed by atoms with van der Waals surface area (Å²) in [6.45, 7) is 3.66. The molecule has 0 amide bonds. The Balaban J connectivity index is 0.00000180. The Labute approximate surface area is 140 Å². The lowest BCUT2D eigenvalue weighted by molar-refractivity contribution is 0.173. The number of nitriles is 1. The third kappa shape index (κ3) is 4.51. The van der Waals surface area contributed by atoms with E-state index >= 15 is 0 Å². The van der Waals surface area contributed by atoms with Crippen LogP contribution in [0.2, 0.25) is 0 Å². The molecule has 1 aromatic carbocycles. The van der Waals surface area contributed by atoms with E-state index < -0.39 is 0 Å². The van der Waals surface area contributed by atoms with Crippen molar-refractivity contribution in [2.24, 2.45) is 0 Å². The minimum Gasteiger partial charge on any atom is -0.506 e. The fraction of sp³-hybridized carbons (Fsp3) is 0.462. The monoisotopic (exact) mass is 381 g/mol. The van der Waals surface area contributed by atoms with Crippen molar-refractivity contribution >= 4 is 40.7 Å². The van der Waals surface area contributed by atoms with Crippen LogP contribution in [-0.2, 0) is 0 Å². The Kier molecular flexibility index (Phi) is 9.19. The lowest BCUT2D eigenvalue weighted by Gasteiger charge is -2.34. The third-order valence-corrected chi connectivity index (χ3v) is 3.89. The highest BCUT2D eigenvalue weighted by atomic mass is 79.9. The van der Waals surface area contributed by atoms with E-state index in [1.807, 2.05) is 12.1 Å². The molecule has 1 aliphatic rings. The predicted molar refractivity (Wildman–Crippen MR) is 87.7 cm³/mol. The maximum Gasteiger partial charge on any atom is 0.134 e. The van der Waals surface area contributed by atoms with Crippen LogP contribution in [0.4, 0.5) is 0 Å². The number of aromatic hydroxyl groups is 1. The number of hydrogen-bond donors (Lipinski definition) is 2. The van der Waals surface area contributed by atoms with Crippen LogP contribution in [-0.4, -0.2) is 36.2 Å². The number of nitrogens with one attached hydrogen (secondary N) is 1. The van der Waals surface area contributed by atoms with Gasteiger partial charge in [0.05, 0.1) is 23.0 Å². The van der Waals surface area contributed by atoms with Crippen LogP contribution >= 0.6 is 40.7 Å². The molecular formula is C13H18BrCl2N3O. The molecule has 1 aromatic rings. The lowest BCUT2D eigenvalue weighted by atomic mass is 10.0. The van der Waals surface area contributed by atoms with Gasteiger partial charge in [0.15, 0.2) is 0 Å². The van der Waals surface area contributed by atoms with E-state index in [-0.39, 0.29) is 36.6 Å². The highest BCUT2D eigenvalue weighted by molar-refractivity contribution is 9.10. The smallest absolute Gasteiger partial charge is 0.134 e. The predicted octanol–water partition coefficient (Wildman–Crippen LogP) is 2.86. The molecule has 0 aliphatic carbocycles. The average Bonchev–Trinajstić information content (AvgIpc) is 2.41. The molecule has 0 aromatic heterocycles. The molecule has 1 saturated heterocycles. The molecule has 0 spiro atoms. The highest BCUT2D eigenvalue weighted by Crippen LogP contribution is 2.35. The molecule has 2 N–H and O–H groups in total. The molecule has 1 aliphatic heterocycles. The van der Waals surface area contributed by atoms with E-state index in [1.165, 1.54) is 0 Å². The van der Waals surface area contributed by atoms with Gasteiger partial charge in [-0.3, -0.25) is 4.90 Å². The maximum absolute atomic E-state index is 10.1. The molecule has 4 nitrogen and oxygen atoms in total. The summed E-state index contributed by atoms with van der Waals surface area (Å²) >= 11 is 3.33. The quantitative estimate of drug-likeness (QED) is 0.843. The zero-order valence-electron chi connectivity index (χ0n) is 10.9. The first kappa shape index (κ1) is 19.5. The number of rotatable bonds is 3. The summed E-state index contributed by atoms with van der Waals surface area (Å²) in [7, 11) is 0. The van der Waals surface area contributed by atoms with E-state index in [9.17, 15) is 5.11 Å². The molecule has 0 saturated carbocycles. The molecule has 1 heterocycles. The van der Waals surface area contributed by atoms with Gasteiger partial charge < -0.3 is 10.4 Å². The number of halogens is 3. The molecular weight excluding hydrogens is 365 g/mol. The van der Waals surface area contributed by atoms with Crippen LogP contribution in [0.5, 0.6) is 5.75 Å². The summed E-state index contributed by atoms with van der Waals surface area (Å²) < 4.78 is 0.679. The van der Waals surface area contributed by atoms with Crippen LogP contribution < -0.4 is 5.32 Å². The number of piperazine rings is 1. The molecule has 0 bridgehead atoms. The lowest BCUT2D eigenvalue weighted by Crippen LogP contribution is -2.45. The van der Waals surface area contributed by atoms with E-state index in [1.54, 1.807) is 6.07 Å². The summed E-state index contributed by atoms with van der Waals surface area (Å²) in [5.74, 6) is 0.247. The van der Waals surface area contributed by atoms with Gasteiger partial charge in [-0.1, -0.05) is 12.1 Å². The van der Waals surface area contributed by atoms with Crippen molar-refractivity contribution in [3.63, 3.8) is 0 Å². The van der Waals surface area contributed by atoms with Gasteiger partial charge >= 0.3 is 0 Å². The highest BCUT2D eigenvalue weighted by Gasteiger charge is 2.24. The Hall–Kier alpha value is -0.510. The number of phenols is 1. The van der Waals surface area contributed by atoms with Crippen LogP contribution in [0, 0.1) is 11.3 Å². The van der Waals surface area contributed by atoms with Crippen LogP contribution in [0.3, 0.4) is 0 Å². The van der Waals surface area contributed by atoms with Gasteiger partial charge in [0.2, 0.25) is 0 Å². The minimum atomic E-state index is -0.0328. The third-order valence-electron chi connectivity index (χ3n) is 3.25. The normalized spacial score (nSPS) is 16.4. The summed E-state index contributed by atoms with van der Waals surface area (Å²) in [5, 5.41) is 22.4.